The molecule has 3 nitrogen and oxygen atoms in total. The van der Waals surface area contributed by atoms with Crippen LogP contribution >= 0.6 is 0 Å². The normalized spacial score (nSPS) is 49.0. The summed E-state index contributed by atoms with van der Waals surface area (Å²) in [6.45, 7) is 5.77. The van der Waals surface area contributed by atoms with Gasteiger partial charge in [-0.3, -0.25) is 0 Å². The molecule has 2 saturated heterocycles. The SMILES string of the molecule is CCC1=C(C(F)(F)F)OC2OC3(C)CCC4C(C)CCC1C24O3. The van der Waals surface area contributed by atoms with Crippen molar-refractivity contribution in [3.05, 3.63) is 11.3 Å². The average molecular weight is 332 g/mol. The number of alkyl halides is 3. The second-order valence-corrected chi connectivity index (χ2v) is 7.62. The summed E-state index contributed by atoms with van der Waals surface area (Å²) in [6, 6.07) is 0. The Morgan fingerprint density at radius 1 is 1.22 bits per heavy atom. The predicted octanol–water partition coefficient (Wildman–Crippen LogP) is 4.53. The fourth-order valence-electron chi connectivity index (χ4n) is 5.41. The van der Waals surface area contributed by atoms with Crippen LogP contribution in [0.1, 0.15) is 52.9 Å². The molecule has 1 spiro atoms. The summed E-state index contributed by atoms with van der Waals surface area (Å²) in [5.74, 6) is -1.32. The van der Waals surface area contributed by atoms with Gasteiger partial charge in [-0.2, -0.15) is 13.2 Å². The third-order valence-electron chi connectivity index (χ3n) is 6.32. The van der Waals surface area contributed by atoms with Crippen LogP contribution in [-0.2, 0) is 14.2 Å². The Bertz CT molecular complexity index is 558. The number of halogens is 3. The zero-order chi connectivity index (χ0) is 16.6. The Morgan fingerprint density at radius 3 is 2.61 bits per heavy atom. The zero-order valence-corrected chi connectivity index (χ0v) is 13.7. The summed E-state index contributed by atoms with van der Waals surface area (Å²) >= 11 is 0. The maximum Gasteiger partial charge on any atom is 0.448 e. The molecule has 3 fully saturated rings. The lowest BCUT2D eigenvalue weighted by atomic mass is 9.58. The summed E-state index contributed by atoms with van der Waals surface area (Å²) in [4.78, 5) is 0. The molecule has 6 heteroatoms. The van der Waals surface area contributed by atoms with E-state index in [4.69, 9.17) is 14.2 Å². The molecule has 6 atom stereocenters. The van der Waals surface area contributed by atoms with Gasteiger partial charge in [0, 0.05) is 12.3 Å². The van der Waals surface area contributed by atoms with Gasteiger partial charge in [-0.05, 0) is 50.0 Å². The van der Waals surface area contributed by atoms with Gasteiger partial charge in [0.2, 0.25) is 12.0 Å². The van der Waals surface area contributed by atoms with Gasteiger partial charge in [0.15, 0.2) is 5.79 Å². The molecule has 1 aliphatic carbocycles. The summed E-state index contributed by atoms with van der Waals surface area (Å²) in [5, 5.41) is 0. The van der Waals surface area contributed by atoms with Gasteiger partial charge in [0.25, 0.3) is 0 Å². The molecule has 3 heterocycles. The number of rotatable bonds is 1. The first-order valence-corrected chi connectivity index (χ1v) is 8.56. The Balaban J connectivity index is 1.87. The third-order valence-corrected chi connectivity index (χ3v) is 6.32. The topological polar surface area (TPSA) is 27.7 Å². The van der Waals surface area contributed by atoms with Crippen molar-refractivity contribution in [2.75, 3.05) is 0 Å². The summed E-state index contributed by atoms with van der Waals surface area (Å²) < 4.78 is 58.2. The van der Waals surface area contributed by atoms with Crippen LogP contribution in [0.25, 0.3) is 0 Å². The van der Waals surface area contributed by atoms with Gasteiger partial charge in [0.1, 0.15) is 5.60 Å². The van der Waals surface area contributed by atoms with Crippen LogP contribution in [0, 0.1) is 17.8 Å². The quantitative estimate of drug-likeness (QED) is 0.706. The molecule has 6 unspecified atom stereocenters. The van der Waals surface area contributed by atoms with E-state index in [0.717, 1.165) is 12.8 Å². The van der Waals surface area contributed by atoms with E-state index in [1.807, 2.05) is 6.92 Å². The highest BCUT2D eigenvalue weighted by atomic mass is 19.4. The van der Waals surface area contributed by atoms with E-state index in [-0.39, 0.29) is 11.8 Å². The smallest absolute Gasteiger partial charge is 0.448 e. The molecular weight excluding hydrogens is 309 g/mol. The van der Waals surface area contributed by atoms with E-state index in [1.165, 1.54) is 0 Å². The van der Waals surface area contributed by atoms with Crippen molar-refractivity contribution < 1.29 is 27.4 Å². The first-order valence-electron chi connectivity index (χ1n) is 8.56. The lowest BCUT2D eigenvalue weighted by Crippen LogP contribution is -2.62. The minimum Gasteiger partial charge on any atom is -0.456 e. The Kier molecular flexibility index (Phi) is 3.19. The van der Waals surface area contributed by atoms with E-state index in [0.29, 0.717) is 30.8 Å². The van der Waals surface area contributed by atoms with Crippen molar-refractivity contribution >= 4 is 0 Å². The zero-order valence-electron chi connectivity index (χ0n) is 13.7. The van der Waals surface area contributed by atoms with Crippen molar-refractivity contribution in [1.29, 1.82) is 0 Å². The molecule has 0 aromatic rings. The van der Waals surface area contributed by atoms with Crippen LogP contribution in [0.5, 0.6) is 0 Å². The minimum atomic E-state index is -4.48. The highest BCUT2D eigenvalue weighted by Crippen LogP contribution is 2.64. The fraction of sp³-hybridized carbons (Fsp3) is 0.882. The maximum absolute atomic E-state index is 13.5. The average Bonchev–Trinajstić information content (AvgIpc) is 2.68. The van der Waals surface area contributed by atoms with E-state index in [2.05, 4.69) is 6.92 Å². The Morgan fingerprint density at radius 2 is 1.96 bits per heavy atom. The van der Waals surface area contributed by atoms with Crippen LogP contribution in [0.3, 0.4) is 0 Å². The number of hydrogen-bond donors (Lipinski definition) is 0. The van der Waals surface area contributed by atoms with Gasteiger partial charge in [-0.25, -0.2) is 0 Å². The Hall–Kier alpha value is -0.750. The van der Waals surface area contributed by atoms with Gasteiger partial charge in [0.05, 0.1) is 0 Å². The lowest BCUT2D eigenvalue weighted by molar-refractivity contribution is -0.249. The molecule has 4 rings (SSSR count). The summed E-state index contributed by atoms with van der Waals surface area (Å²) in [6.07, 6.45) is -1.83. The molecule has 1 saturated carbocycles. The van der Waals surface area contributed by atoms with Crippen LogP contribution in [0.2, 0.25) is 0 Å². The second kappa shape index (κ2) is 4.66. The largest absolute Gasteiger partial charge is 0.456 e. The van der Waals surface area contributed by atoms with Crippen LogP contribution in [-0.4, -0.2) is 23.9 Å². The maximum atomic E-state index is 13.5. The van der Waals surface area contributed by atoms with Gasteiger partial charge in [-0.1, -0.05) is 13.8 Å². The molecule has 0 N–H and O–H groups in total. The fourth-order valence-corrected chi connectivity index (χ4v) is 5.41. The van der Waals surface area contributed by atoms with Gasteiger partial charge in [-0.15, -0.1) is 0 Å². The molecule has 23 heavy (non-hydrogen) atoms. The standard InChI is InChI=1S/C17H23F3O3/c1-4-10-12-6-5-9(2)11-7-8-15(3)22-14(16(11,12)23-15)21-13(10)17(18,19)20/h9,11-12,14H,4-8H2,1-3H3. The van der Waals surface area contributed by atoms with Crippen molar-refractivity contribution in [2.45, 2.75) is 76.7 Å². The first kappa shape index (κ1) is 15.8. The van der Waals surface area contributed by atoms with Crippen LogP contribution in [0.15, 0.2) is 11.3 Å². The summed E-state index contributed by atoms with van der Waals surface area (Å²) in [7, 11) is 0. The molecule has 130 valence electrons. The lowest BCUT2D eigenvalue weighted by Gasteiger charge is -2.55. The van der Waals surface area contributed by atoms with E-state index in [1.54, 1.807) is 6.92 Å². The molecule has 3 aliphatic heterocycles. The number of ether oxygens (including phenoxy) is 3. The van der Waals surface area contributed by atoms with Crippen molar-refractivity contribution in [3.63, 3.8) is 0 Å². The van der Waals surface area contributed by atoms with Gasteiger partial charge >= 0.3 is 6.18 Å². The van der Waals surface area contributed by atoms with Crippen LogP contribution < -0.4 is 0 Å². The minimum absolute atomic E-state index is 0.193. The van der Waals surface area contributed by atoms with Crippen molar-refractivity contribution in [1.82, 2.24) is 0 Å². The highest BCUT2D eigenvalue weighted by Gasteiger charge is 2.71. The number of hydrogen-bond acceptors (Lipinski definition) is 3. The van der Waals surface area contributed by atoms with E-state index >= 15 is 0 Å². The number of allylic oxidation sites excluding steroid dienone is 1. The summed E-state index contributed by atoms with van der Waals surface area (Å²) in [5.41, 5.74) is -0.384. The van der Waals surface area contributed by atoms with E-state index in [9.17, 15) is 13.2 Å². The van der Waals surface area contributed by atoms with E-state index < -0.39 is 29.6 Å². The van der Waals surface area contributed by atoms with Crippen molar-refractivity contribution in [3.8, 4) is 0 Å². The molecule has 2 bridgehead atoms. The molecule has 0 aromatic carbocycles. The molecule has 0 aromatic heterocycles. The molecular formula is C17H23F3O3. The molecule has 0 amide bonds. The number of fused-ring (bicyclic) bond motifs is 1. The predicted molar refractivity (Wildman–Crippen MR) is 76.2 cm³/mol. The molecule has 0 radical (unpaired) electrons. The third kappa shape index (κ3) is 1.97. The highest BCUT2D eigenvalue weighted by molar-refractivity contribution is 5.28. The van der Waals surface area contributed by atoms with Crippen molar-refractivity contribution in [2.24, 2.45) is 17.8 Å². The van der Waals surface area contributed by atoms with Gasteiger partial charge < -0.3 is 14.2 Å². The monoisotopic (exact) mass is 332 g/mol. The second-order valence-electron chi connectivity index (χ2n) is 7.62. The Labute approximate surface area is 134 Å². The molecule has 4 aliphatic rings. The first-order chi connectivity index (χ1) is 10.7. The van der Waals surface area contributed by atoms with Crippen LogP contribution in [0.4, 0.5) is 13.2 Å².